The molecule has 0 unspecified atom stereocenters. The molecule has 0 atom stereocenters. The number of thioether (sulfide) groups is 1. The Morgan fingerprint density at radius 2 is 2.04 bits per heavy atom. The molecule has 8 heteroatoms. The van der Waals surface area contributed by atoms with E-state index in [2.05, 4.69) is 5.32 Å². The topological polar surface area (TPSA) is 32.3 Å². The van der Waals surface area contributed by atoms with Gasteiger partial charge in [0.15, 0.2) is 0 Å². The molecule has 0 radical (unpaired) electrons. The average Bonchev–Trinajstić information content (AvgIpc) is 2.51. The molecule has 1 fully saturated rings. The molecule has 1 aliphatic rings. The minimum atomic E-state index is -2.30. The molecule has 3 nitrogen and oxygen atoms in total. The maximum atomic E-state index is 12.3. The number of carbonyl (C=O) groups excluding carboxylic acids is 1. The van der Waals surface area contributed by atoms with Gasteiger partial charge in [-0.1, -0.05) is 29.3 Å². The average molecular weight is 397 g/mol. The van der Waals surface area contributed by atoms with Crippen molar-refractivity contribution in [2.24, 2.45) is 0 Å². The number of nitrogens with zero attached hydrogens (tertiary/aromatic N) is 1. The highest BCUT2D eigenvalue weighted by molar-refractivity contribution is 7.99. The molecule has 1 amide bonds. The Bertz CT molecular complexity index is 555. The van der Waals surface area contributed by atoms with E-state index in [0.717, 1.165) is 5.56 Å². The number of hydrogen-bond acceptors (Lipinski definition) is 3. The second-order valence-corrected chi connectivity index (χ2v) is 7.59. The number of piperidine rings is 1. The van der Waals surface area contributed by atoms with Gasteiger partial charge in [0.2, 0.25) is 5.91 Å². The van der Waals surface area contributed by atoms with E-state index in [4.69, 9.17) is 23.2 Å². The molecule has 0 aliphatic carbocycles. The van der Waals surface area contributed by atoms with E-state index < -0.39 is 6.43 Å². The fraction of sp³-hybridized carbons (Fsp3) is 0.562. The number of nitrogens with one attached hydrogen (secondary N) is 1. The Kier molecular flexibility index (Phi) is 8.07. The molecule has 0 aromatic heterocycles. The summed E-state index contributed by atoms with van der Waals surface area (Å²) in [4.78, 5) is 13.7. The van der Waals surface area contributed by atoms with E-state index in [0.29, 0.717) is 47.5 Å². The van der Waals surface area contributed by atoms with E-state index in [-0.39, 0.29) is 18.5 Å². The molecule has 0 spiro atoms. The van der Waals surface area contributed by atoms with Crippen LogP contribution in [0.5, 0.6) is 0 Å². The van der Waals surface area contributed by atoms with Gasteiger partial charge >= 0.3 is 0 Å². The Balaban J connectivity index is 1.65. The summed E-state index contributed by atoms with van der Waals surface area (Å²) >= 11 is 13.4. The lowest BCUT2D eigenvalue weighted by molar-refractivity contribution is -0.119. The number of alkyl halides is 2. The zero-order chi connectivity index (χ0) is 17.5. The summed E-state index contributed by atoms with van der Waals surface area (Å²) < 4.78 is 24.7. The molecule has 1 aromatic carbocycles. The van der Waals surface area contributed by atoms with Crippen LogP contribution in [0.1, 0.15) is 18.4 Å². The summed E-state index contributed by atoms with van der Waals surface area (Å²) in [5.74, 6) is 0.948. The lowest BCUT2D eigenvalue weighted by atomic mass is 10.1. The maximum absolute atomic E-state index is 12.3. The highest BCUT2D eigenvalue weighted by atomic mass is 35.5. The van der Waals surface area contributed by atoms with Crippen molar-refractivity contribution in [3.8, 4) is 0 Å². The van der Waals surface area contributed by atoms with E-state index in [1.54, 1.807) is 17.0 Å². The molecule has 2 rings (SSSR count). The molecule has 1 aliphatic heterocycles. The minimum Gasteiger partial charge on any atom is -0.353 e. The number of benzene rings is 1. The van der Waals surface area contributed by atoms with Gasteiger partial charge in [-0.3, -0.25) is 9.69 Å². The van der Waals surface area contributed by atoms with E-state index in [1.807, 2.05) is 6.07 Å². The predicted molar refractivity (Wildman–Crippen MR) is 96.2 cm³/mol. The number of amides is 1. The van der Waals surface area contributed by atoms with Crippen LogP contribution in [0.4, 0.5) is 8.78 Å². The van der Waals surface area contributed by atoms with Gasteiger partial charge in [0.05, 0.1) is 12.3 Å². The van der Waals surface area contributed by atoms with E-state index in [9.17, 15) is 13.6 Å². The summed E-state index contributed by atoms with van der Waals surface area (Å²) in [6, 6.07) is 5.39. The van der Waals surface area contributed by atoms with Crippen molar-refractivity contribution in [2.75, 3.05) is 25.4 Å². The maximum Gasteiger partial charge on any atom is 0.251 e. The lowest BCUT2D eigenvalue weighted by Crippen LogP contribution is -2.46. The molecule has 0 saturated carbocycles. The van der Waals surface area contributed by atoms with Crippen LogP contribution in [0, 0.1) is 0 Å². The Hall–Kier alpha value is -0.560. The highest BCUT2D eigenvalue weighted by Crippen LogP contribution is 2.24. The van der Waals surface area contributed by atoms with Crippen molar-refractivity contribution >= 4 is 40.9 Å². The number of rotatable bonds is 7. The second-order valence-electron chi connectivity index (χ2n) is 5.76. The van der Waals surface area contributed by atoms with Gasteiger partial charge in [0.1, 0.15) is 0 Å². The molecule has 0 bridgehead atoms. The van der Waals surface area contributed by atoms with Crippen LogP contribution >= 0.6 is 35.0 Å². The van der Waals surface area contributed by atoms with Crippen molar-refractivity contribution in [1.29, 1.82) is 0 Å². The van der Waals surface area contributed by atoms with Gasteiger partial charge in [-0.15, -0.1) is 11.8 Å². The summed E-state index contributed by atoms with van der Waals surface area (Å²) in [5.41, 5.74) is 0.944. The number of carbonyl (C=O) groups is 1. The van der Waals surface area contributed by atoms with Gasteiger partial charge in [-0.25, -0.2) is 8.78 Å². The van der Waals surface area contributed by atoms with Crippen LogP contribution in [-0.2, 0) is 10.5 Å². The molecule has 1 aromatic rings. The predicted octanol–water partition coefficient (Wildman–Crippen LogP) is 4.07. The zero-order valence-corrected chi connectivity index (χ0v) is 15.4. The highest BCUT2D eigenvalue weighted by Gasteiger charge is 2.22. The third-order valence-electron chi connectivity index (χ3n) is 3.85. The first-order valence-corrected chi connectivity index (χ1v) is 9.66. The van der Waals surface area contributed by atoms with Gasteiger partial charge in [0, 0.05) is 34.9 Å². The van der Waals surface area contributed by atoms with Crippen molar-refractivity contribution < 1.29 is 13.6 Å². The fourth-order valence-electron chi connectivity index (χ4n) is 2.62. The van der Waals surface area contributed by atoms with Crippen LogP contribution in [0.3, 0.4) is 0 Å². The lowest BCUT2D eigenvalue weighted by Gasteiger charge is -2.32. The number of hydrogen-bond donors (Lipinski definition) is 1. The van der Waals surface area contributed by atoms with Crippen molar-refractivity contribution in [1.82, 2.24) is 10.2 Å². The smallest absolute Gasteiger partial charge is 0.251 e. The summed E-state index contributed by atoms with van der Waals surface area (Å²) in [7, 11) is 0. The summed E-state index contributed by atoms with van der Waals surface area (Å²) in [6.07, 6.45) is -0.870. The number of halogens is 4. The van der Waals surface area contributed by atoms with Crippen molar-refractivity contribution in [2.45, 2.75) is 31.1 Å². The van der Waals surface area contributed by atoms with Gasteiger partial charge in [0.25, 0.3) is 6.43 Å². The first-order valence-electron chi connectivity index (χ1n) is 7.75. The third-order valence-corrected chi connectivity index (χ3v) is 5.42. The quantitative estimate of drug-likeness (QED) is 0.753. The Labute approximate surface area is 155 Å². The first kappa shape index (κ1) is 19.8. The molecule has 1 heterocycles. The Morgan fingerprint density at radius 3 is 2.67 bits per heavy atom. The standard InChI is InChI=1S/C16H20Cl2F2N2OS/c17-12-2-1-11(14(18)7-12)9-24-10-16(23)21-13-3-5-22(6-4-13)8-15(19)20/h1-2,7,13,15H,3-6,8-10H2,(H,21,23). The molecule has 1 N–H and O–H groups in total. The first-order chi connectivity index (χ1) is 11.4. The molecule has 24 heavy (non-hydrogen) atoms. The summed E-state index contributed by atoms with van der Waals surface area (Å²) in [6.45, 7) is 1.02. The zero-order valence-electron chi connectivity index (χ0n) is 13.1. The largest absolute Gasteiger partial charge is 0.353 e. The fourth-order valence-corrected chi connectivity index (χ4v) is 4.01. The van der Waals surface area contributed by atoms with Gasteiger partial charge < -0.3 is 5.32 Å². The number of likely N-dealkylation sites (tertiary alicyclic amines) is 1. The second kappa shape index (κ2) is 9.80. The van der Waals surface area contributed by atoms with Crippen LogP contribution in [-0.4, -0.2) is 48.7 Å². The van der Waals surface area contributed by atoms with Crippen LogP contribution in [0.25, 0.3) is 0 Å². The SMILES string of the molecule is O=C(CSCc1ccc(Cl)cc1Cl)NC1CCN(CC(F)F)CC1. The van der Waals surface area contributed by atoms with Crippen molar-refractivity contribution in [3.05, 3.63) is 33.8 Å². The van der Waals surface area contributed by atoms with Crippen molar-refractivity contribution in [3.63, 3.8) is 0 Å². The normalized spacial score (nSPS) is 16.5. The Morgan fingerprint density at radius 1 is 1.33 bits per heavy atom. The molecular formula is C16H20Cl2F2N2OS. The monoisotopic (exact) mass is 396 g/mol. The van der Waals surface area contributed by atoms with Crippen LogP contribution < -0.4 is 5.32 Å². The van der Waals surface area contributed by atoms with Gasteiger partial charge in [-0.05, 0) is 30.5 Å². The van der Waals surface area contributed by atoms with Crippen LogP contribution in [0.2, 0.25) is 10.0 Å². The van der Waals surface area contributed by atoms with Gasteiger partial charge in [-0.2, -0.15) is 0 Å². The molecule has 134 valence electrons. The van der Waals surface area contributed by atoms with E-state index >= 15 is 0 Å². The third kappa shape index (κ3) is 6.75. The molecule has 1 saturated heterocycles. The summed E-state index contributed by atoms with van der Waals surface area (Å²) in [5, 5.41) is 4.16. The van der Waals surface area contributed by atoms with Crippen LogP contribution in [0.15, 0.2) is 18.2 Å². The molecular weight excluding hydrogens is 377 g/mol. The van der Waals surface area contributed by atoms with E-state index in [1.165, 1.54) is 11.8 Å². The minimum absolute atomic E-state index is 0.0302.